The highest BCUT2D eigenvalue weighted by Crippen LogP contribution is 2.35. The average molecular weight is 298 g/mol. The van der Waals surface area contributed by atoms with E-state index in [1.165, 1.54) is 7.11 Å². The Balaban J connectivity index is 1.99. The topological polar surface area (TPSA) is 50.8 Å². The maximum atomic E-state index is 12.3. The number of nitrogens with one attached hydrogen (secondary N) is 1. The van der Waals surface area contributed by atoms with Gasteiger partial charge in [0.05, 0.1) is 7.11 Å². The van der Waals surface area contributed by atoms with Crippen LogP contribution in [0, 0.1) is 0 Å². The first kappa shape index (κ1) is 16.7. The van der Waals surface area contributed by atoms with Crippen molar-refractivity contribution in [2.24, 2.45) is 0 Å². The number of methoxy groups -OCH3 is 1. The minimum Gasteiger partial charge on any atom is -0.468 e. The van der Waals surface area contributed by atoms with E-state index in [0.29, 0.717) is 12.1 Å². The molecule has 0 aromatic rings. The van der Waals surface area contributed by atoms with E-state index in [1.54, 1.807) is 0 Å². The number of hydrogen-bond acceptors (Lipinski definition) is 5. The van der Waals surface area contributed by atoms with Crippen LogP contribution in [0.2, 0.25) is 0 Å². The Morgan fingerprint density at radius 3 is 2.67 bits per heavy atom. The van der Waals surface area contributed by atoms with Gasteiger partial charge in [0.2, 0.25) is 0 Å². The summed E-state index contributed by atoms with van der Waals surface area (Å²) in [5.74, 6) is -0.0983. The molecular weight excluding hydrogens is 268 g/mol. The Morgan fingerprint density at radius 2 is 2.05 bits per heavy atom. The Kier molecular flexibility index (Phi) is 6.02. The molecule has 2 atom stereocenters. The molecule has 1 saturated carbocycles. The summed E-state index contributed by atoms with van der Waals surface area (Å²) >= 11 is 0. The van der Waals surface area contributed by atoms with Crippen LogP contribution in [-0.4, -0.2) is 62.4 Å². The normalized spacial score (nSPS) is 30.8. The third kappa shape index (κ3) is 3.76. The SMILES string of the molecule is CCCNC1(C(=O)OC)CCC(N(C)C2CCOCC2)C1. The summed E-state index contributed by atoms with van der Waals surface area (Å²) in [5, 5.41) is 3.46. The van der Waals surface area contributed by atoms with Crippen molar-refractivity contribution in [2.75, 3.05) is 33.9 Å². The summed E-state index contributed by atoms with van der Waals surface area (Å²) in [7, 11) is 3.70. The lowest BCUT2D eigenvalue weighted by atomic mass is 9.96. The molecular formula is C16H30N2O3. The standard InChI is InChI=1S/C16H30N2O3/c1-4-9-17-16(15(19)20-3)8-5-14(12-16)18(2)13-6-10-21-11-7-13/h13-14,17H,4-12H2,1-3H3. The molecule has 5 nitrogen and oxygen atoms in total. The number of hydrogen-bond donors (Lipinski definition) is 1. The summed E-state index contributed by atoms with van der Waals surface area (Å²) < 4.78 is 10.5. The monoisotopic (exact) mass is 298 g/mol. The molecule has 1 heterocycles. The van der Waals surface area contributed by atoms with E-state index >= 15 is 0 Å². The molecule has 2 rings (SSSR count). The summed E-state index contributed by atoms with van der Waals surface area (Å²) in [6.07, 6.45) is 6.01. The van der Waals surface area contributed by atoms with Gasteiger partial charge in [-0.05, 0) is 52.1 Å². The molecule has 5 heteroatoms. The average Bonchev–Trinajstić information content (AvgIpc) is 2.98. The third-order valence-electron chi connectivity index (χ3n) is 5.12. The van der Waals surface area contributed by atoms with Gasteiger partial charge < -0.3 is 19.7 Å². The predicted molar refractivity (Wildman–Crippen MR) is 82.3 cm³/mol. The summed E-state index contributed by atoms with van der Waals surface area (Å²) in [6, 6.07) is 1.04. The lowest BCUT2D eigenvalue weighted by Gasteiger charge is -2.36. The van der Waals surface area contributed by atoms with Gasteiger partial charge in [0.25, 0.3) is 0 Å². The van der Waals surface area contributed by atoms with Gasteiger partial charge in [-0.25, -0.2) is 0 Å². The first-order chi connectivity index (χ1) is 10.1. The zero-order valence-electron chi connectivity index (χ0n) is 13.7. The van der Waals surface area contributed by atoms with Crippen LogP contribution in [-0.2, 0) is 14.3 Å². The molecule has 1 aliphatic heterocycles. The molecule has 2 aliphatic rings. The first-order valence-electron chi connectivity index (χ1n) is 8.26. The molecule has 0 amide bonds. The van der Waals surface area contributed by atoms with Crippen LogP contribution in [0.4, 0.5) is 0 Å². The van der Waals surface area contributed by atoms with Crippen LogP contribution < -0.4 is 5.32 Å². The number of esters is 1. The Morgan fingerprint density at radius 1 is 1.33 bits per heavy atom. The largest absolute Gasteiger partial charge is 0.468 e. The molecule has 0 spiro atoms. The van der Waals surface area contributed by atoms with Crippen LogP contribution in [0.3, 0.4) is 0 Å². The number of carbonyl (C=O) groups excluding carboxylic acids is 1. The molecule has 1 saturated heterocycles. The fraction of sp³-hybridized carbons (Fsp3) is 0.938. The summed E-state index contributed by atoms with van der Waals surface area (Å²) in [5.41, 5.74) is -0.477. The third-order valence-corrected chi connectivity index (χ3v) is 5.12. The highest BCUT2D eigenvalue weighted by atomic mass is 16.5. The zero-order valence-corrected chi connectivity index (χ0v) is 13.7. The van der Waals surface area contributed by atoms with E-state index in [-0.39, 0.29) is 5.97 Å². The minimum absolute atomic E-state index is 0.0983. The quantitative estimate of drug-likeness (QED) is 0.754. The molecule has 122 valence electrons. The van der Waals surface area contributed by atoms with E-state index in [2.05, 4.69) is 24.2 Å². The smallest absolute Gasteiger partial charge is 0.326 e. The summed E-state index contributed by atoms with van der Waals surface area (Å²) in [6.45, 7) is 4.71. The Bertz CT molecular complexity index is 344. The van der Waals surface area contributed by atoms with E-state index in [4.69, 9.17) is 9.47 Å². The van der Waals surface area contributed by atoms with Crippen LogP contribution >= 0.6 is 0 Å². The second kappa shape index (κ2) is 7.56. The van der Waals surface area contributed by atoms with Gasteiger partial charge in [0, 0.05) is 25.3 Å². The van der Waals surface area contributed by atoms with Crippen molar-refractivity contribution >= 4 is 5.97 Å². The van der Waals surface area contributed by atoms with E-state index in [1.807, 2.05) is 0 Å². The van der Waals surface area contributed by atoms with Crippen molar-refractivity contribution in [1.82, 2.24) is 10.2 Å². The number of carbonyl (C=O) groups is 1. The second-order valence-corrected chi connectivity index (χ2v) is 6.41. The highest BCUT2D eigenvalue weighted by molar-refractivity contribution is 5.81. The van der Waals surface area contributed by atoms with Crippen LogP contribution in [0.25, 0.3) is 0 Å². The van der Waals surface area contributed by atoms with Gasteiger partial charge in [-0.3, -0.25) is 4.79 Å². The molecule has 21 heavy (non-hydrogen) atoms. The van der Waals surface area contributed by atoms with Crippen molar-refractivity contribution < 1.29 is 14.3 Å². The van der Waals surface area contributed by atoms with Crippen LogP contribution in [0.5, 0.6) is 0 Å². The highest BCUT2D eigenvalue weighted by Gasteiger charge is 2.47. The number of rotatable bonds is 6. The van der Waals surface area contributed by atoms with Gasteiger partial charge >= 0.3 is 5.97 Å². The fourth-order valence-electron chi connectivity index (χ4n) is 3.74. The molecule has 1 aliphatic carbocycles. The first-order valence-corrected chi connectivity index (χ1v) is 8.26. The Hall–Kier alpha value is -0.650. The number of ether oxygens (including phenoxy) is 2. The molecule has 1 N–H and O–H groups in total. The molecule has 0 aromatic carbocycles. The molecule has 0 bridgehead atoms. The van der Waals surface area contributed by atoms with Gasteiger partial charge in [-0.15, -0.1) is 0 Å². The van der Waals surface area contributed by atoms with E-state index in [9.17, 15) is 4.79 Å². The predicted octanol–water partition coefficient (Wildman–Crippen LogP) is 1.56. The van der Waals surface area contributed by atoms with Crippen LogP contribution in [0.15, 0.2) is 0 Å². The van der Waals surface area contributed by atoms with Crippen LogP contribution in [0.1, 0.15) is 45.4 Å². The second-order valence-electron chi connectivity index (χ2n) is 6.41. The fourth-order valence-corrected chi connectivity index (χ4v) is 3.74. The maximum absolute atomic E-state index is 12.3. The van der Waals surface area contributed by atoms with Crippen molar-refractivity contribution in [3.05, 3.63) is 0 Å². The van der Waals surface area contributed by atoms with Gasteiger partial charge in [0.15, 0.2) is 0 Å². The van der Waals surface area contributed by atoms with E-state index in [0.717, 1.165) is 58.3 Å². The van der Waals surface area contributed by atoms with Crippen molar-refractivity contribution in [3.63, 3.8) is 0 Å². The van der Waals surface area contributed by atoms with E-state index < -0.39 is 5.54 Å². The number of nitrogens with zero attached hydrogens (tertiary/aromatic N) is 1. The van der Waals surface area contributed by atoms with Gasteiger partial charge in [-0.2, -0.15) is 0 Å². The lowest BCUT2D eigenvalue weighted by molar-refractivity contribution is -0.148. The van der Waals surface area contributed by atoms with Crippen molar-refractivity contribution in [2.45, 2.75) is 63.1 Å². The molecule has 0 radical (unpaired) electrons. The maximum Gasteiger partial charge on any atom is 0.326 e. The summed E-state index contributed by atoms with van der Waals surface area (Å²) in [4.78, 5) is 14.7. The van der Waals surface area contributed by atoms with Crippen molar-refractivity contribution in [3.8, 4) is 0 Å². The molecule has 2 unspecified atom stereocenters. The van der Waals surface area contributed by atoms with Crippen molar-refractivity contribution in [1.29, 1.82) is 0 Å². The Labute approximate surface area is 128 Å². The molecule has 0 aromatic heterocycles. The minimum atomic E-state index is -0.477. The lowest BCUT2D eigenvalue weighted by Crippen LogP contribution is -2.52. The van der Waals surface area contributed by atoms with Gasteiger partial charge in [0.1, 0.15) is 5.54 Å². The zero-order chi connectivity index (χ0) is 15.3. The molecule has 2 fully saturated rings. The van der Waals surface area contributed by atoms with Gasteiger partial charge in [-0.1, -0.05) is 6.92 Å².